The molecule has 0 amide bonds. The summed E-state index contributed by atoms with van der Waals surface area (Å²) >= 11 is 0. The molecule has 4 atom stereocenters. The average molecular weight is 850 g/mol. The largest absolute Gasteiger partial charge is 0.756 e. The second-order valence-electron chi connectivity index (χ2n) is 16.8. The number of ether oxygens (including phenoxy) is 3. The lowest BCUT2D eigenvalue weighted by atomic mass is 10.0. The van der Waals surface area contributed by atoms with Crippen molar-refractivity contribution in [1.29, 1.82) is 0 Å². The Balaban J connectivity index is 2.30. The highest BCUT2D eigenvalue weighted by Gasteiger charge is 2.35. The van der Waals surface area contributed by atoms with Crippen LogP contribution in [0.15, 0.2) is 60.8 Å². The van der Waals surface area contributed by atoms with E-state index in [4.69, 9.17) is 23.3 Å². The Labute approximate surface area is 360 Å². The number of nitrogens with zero attached hydrogens (tertiary/aromatic N) is 1. The molecule has 0 N–H and O–H groups in total. The van der Waals surface area contributed by atoms with Gasteiger partial charge in [0.2, 0.25) is 0 Å². The fourth-order valence-corrected chi connectivity index (χ4v) is 7.01. The van der Waals surface area contributed by atoms with Crippen molar-refractivity contribution >= 4 is 19.8 Å². The summed E-state index contributed by atoms with van der Waals surface area (Å²) in [5, 5.41) is 0. The van der Waals surface area contributed by atoms with Crippen LogP contribution in [0.3, 0.4) is 0 Å². The first-order chi connectivity index (χ1) is 28.5. The standard InChI is InChI=1S/C48H84NO9P/c1-6-8-9-10-11-12-13-14-16-20-23-26-29-32-35-38-47(50)54-42-44(43-56-59(52,53)55-41-40-49(3,4)5)57-48(51)39-36-33-30-27-24-21-18-15-17-19-22-25-28-31-34-37-46-45(7-2)58-46/h15,17,21-22,24-25,30-31,33-34,44-46H,6-14,16,18-20,23,26-29,32,35-43H2,1-5H3/b17-15+,24-21+,25-22+,33-30+,34-31+. The lowest BCUT2D eigenvalue weighted by Gasteiger charge is -2.28. The number of rotatable bonds is 40. The quantitative estimate of drug-likeness (QED) is 0.0148. The molecule has 1 heterocycles. The molecule has 11 heteroatoms. The van der Waals surface area contributed by atoms with E-state index in [-0.39, 0.29) is 26.1 Å². The van der Waals surface area contributed by atoms with Gasteiger partial charge in [0.15, 0.2) is 6.10 Å². The van der Waals surface area contributed by atoms with Gasteiger partial charge in [-0.2, -0.15) is 0 Å². The van der Waals surface area contributed by atoms with Crippen molar-refractivity contribution in [2.24, 2.45) is 0 Å². The fraction of sp³-hybridized carbons (Fsp3) is 0.750. The van der Waals surface area contributed by atoms with Gasteiger partial charge in [0.25, 0.3) is 7.82 Å². The van der Waals surface area contributed by atoms with E-state index >= 15 is 0 Å². The van der Waals surface area contributed by atoms with Crippen molar-refractivity contribution in [1.82, 2.24) is 0 Å². The third kappa shape index (κ3) is 37.2. The first-order valence-electron chi connectivity index (χ1n) is 23.1. The second-order valence-corrected chi connectivity index (χ2v) is 18.2. The molecule has 0 spiro atoms. The van der Waals surface area contributed by atoms with Crippen LogP contribution in [-0.4, -0.2) is 82.2 Å². The first kappa shape index (κ1) is 54.7. The molecule has 1 saturated heterocycles. The molecule has 0 saturated carbocycles. The van der Waals surface area contributed by atoms with Gasteiger partial charge in [-0.3, -0.25) is 14.2 Å². The Hall–Kier alpha value is -2.33. The maximum absolute atomic E-state index is 12.7. The molecule has 1 rings (SSSR count). The smallest absolute Gasteiger partial charge is 0.306 e. The van der Waals surface area contributed by atoms with Gasteiger partial charge in [0, 0.05) is 12.8 Å². The maximum Gasteiger partial charge on any atom is 0.306 e. The highest BCUT2D eigenvalue weighted by Crippen LogP contribution is 2.38. The van der Waals surface area contributed by atoms with Gasteiger partial charge in [-0.1, -0.05) is 164 Å². The van der Waals surface area contributed by atoms with Gasteiger partial charge < -0.3 is 32.6 Å². The molecule has 340 valence electrons. The molecule has 1 fully saturated rings. The lowest BCUT2D eigenvalue weighted by Crippen LogP contribution is -2.37. The molecule has 1 aliphatic heterocycles. The van der Waals surface area contributed by atoms with Crippen LogP contribution in [0, 0.1) is 0 Å². The minimum absolute atomic E-state index is 0.0475. The molecule has 10 nitrogen and oxygen atoms in total. The van der Waals surface area contributed by atoms with Gasteiger partial charge >= 0.3 is 11.9 Å². The number of hydrogen-bond donors (Lipinski definition) is 0. The van der Waals surface area contributed by atoms with E-state index < -0.39 is 32.5 Å². The summed E-state index contributed by atoms with van der Waals surface area (Å²) in [5.41, 5.74) is 0. The van der Waals surface area contributed by atoms with Crippen LogP contribution in [0.4, 0.5) is 0 Å². The average Bonchev–Trinajstić information content (AvgIpc) is 3.96. The molecule has 0 aromatic carbocycles. The summed E-state index contributed by atoms with van der Waals surface area (Å²) in [4.78, 5) is 37.5. The van der Waals surface area contributed by atoms with Crippen molar-refractivity contribution in [3.05, 3.63) is 60.8 Å². The Morgan fingerprint density at radius 1 is 0.627 bits per heavy atom. The fourth-order valence-electron chi connectivity index (χ4n) is 6.28. The Morgan fingerprint density at radius 2 is 1.12 bits per heavy atom. The summed E-state index contributed by atoms with van der Waals surface area (Å²) in [5.74, 6) is -0.936. The number of hydrogen-bond acceptors (Lipinski definition) is 9. The van der Waals surface area contributed by atoms with Crippen molar-refractivity contribution in [3.63, 3.8) is 0 Å². The number of esters is 2. The minimum atomic E-state index is -4.65. The minimum Gasteiger partial charge on any atom is -0.756 e. The van der Waals surface area contributed by atoms with E-state index in [2.05, 4.69) is 62.5 Å². The summed E-state index contributed by atoms with van der Waals surface area (Å²) in [6.07, 6.45) is 46.0. The van der Waals surface area contributed by atoms with Crippen LogP contribution < -0.4 is 4.89 Å². The molecule has 0 aromatic rings. The van der Waals surface area contributed by atoms with Crippen molar-refractivity contribution in [3.8, 4) is 0 Å². The number of epoxide rings is 1. The SMILES string of the molecule is CCCCCCCCCCCCCCCCCC(=O)OCC(COP(=O)([O-])OCC[N+](C)(C)C)OC(=O)CC/C=C/C/C=C/C/C=C/C/C=C/C/C=C/CC1OC1CC. The van der Waals surface area contributed by atoms with E-state index in [9.17, 15) is 19.0 Å². The number of carbonyl (C=O) groups excluding carboxylic acids is 2. The molecule has 4 unspecified atom stereocenters. The van der Waals surface area contributed by atoms with Gasteiger partial charge in [-0.15, -0.1) is 0 Å². The lowest BCUT2D eigenvalue weighted by molar-refractivity contribution is -0.870. The van der Waals surface area contributed by atoms with E-state index in [1.807, 2.05) is 33.3 Å². The molecule has 59 heavy (non-hydrogen) atoms. The van der Waals surface area contributed by atoms with Crippen molar-refractivity contribution in [2.75, 3.05) is 47.5 Å². The number of unbranched alkanes of at least 4 members (excludes halogenated alkanes) is 14. The molecule has 0 bridgehead atoms. The second kappa shape index (κ2) is 36.3. The van der Waals surface area contributed by atoms with Gasteiger partial charge in [0.1, 0.15) is 19.8 Å². The van der Waals surface area contributed by atoms with Gasteiger partial charge in [0.05, 0.1) is 40.0 Å². The highest BCUT2D eigenvalue weighted by molar-refractivity contribution is 7.45. The number of likely N-dealkylation sites (N-methyl/N-ethyl adjacent to an activating group) is 1. The van der Waals surface area contributed by atoms with Crippen LogP contribution in [0.25, 0.3) is 0 Å². The molecule has 0 aromatic heterocycles. The van der Waals surface area contributed by atoms with E-state index in [1.165, 1.54) is 77.0 Å². The molecular formula is C48H84NO9P. The zero-order chi connectivity index (χ0) is 43.3. The van der Waals surface area contributed by atoms with E-state index in [1.54, 1.807) is 0 Å². The van der Waals surface area contributed by atoms with Crippen LogP contribution in [0.1, 0.15) is 168 Å². The number of phosphoric acid groups is 1. The topological polar surface area (TPSA) is 124 Å². The number of allylic oxidation sites excluding steroid dienone is 9. The van der Waals surface area contributed by atoms with E-state index in [0.717, 1.165) is 57.8 Å². The zero-order valence-electron chi connectivity index (χ0n) is 37.9. The summed E-state index contributed by atoms with van der Waals surface area (Å²) in [7, 11) is 1.11. The first-order valence-corrected chi connectivity index (χ1v) is 24.6. The zero-order valence-corrected chi connectivity index (χ0v) is 38.8. The summed E-state index contributed by atoms with van der Waals surface area (Å²) in [6, 6.07) is 0. The highest BCUT2D eigenvalue weighted by atomic mass is 31.2. The van der Waals surface area contributed by atoms with Crippen molar-refractivity contribution in [2.45, 2.75) is 186 Å². The normalized spacial score (nSPS) is 17.5. The summed E-state index contributed by atoms with van der Waals surface area (Å²) < 4.78 is 39.4. The predicted molar refractivity (Wildman–Crippen MR) is 240 cm³/mol. The van der Waals surface area contributed by atoms with Gasteiger partial charge in [-0.25, -0.2) is 0 Å². The molecular weight excluding hydrogens is 765 g/mol. The third-order valence-electron chi connectivity index (χ3n) is 10.0. The van der Waals surface area contributed by atoms with Gasteiger partial charge in [-0.05, 0) is 51.4 Å². The predicted octanol–water partition coefficient (Wildman–Crippen LogP) is 11.6. The van der Waals surface area contributed by atoms with Crippen molar-refractivity contribution < 1.29 is 46.8 Å². The number of phosphoric ester groups is 1. The molecule has 1 aliphatic rings. The van der Waals surface area contributed by atoms with E-state index in [0.29, 0.717) is 29.7 Å². The third-order valence-corrected chi connectivity index (χ3v) is 11.0. The molecule has 0 radical (unpaired) electrons. The number of carbonyl (C=O) groups is 2. The Bertz CT molecular complexity index is 1260. The maximum atomic E-state index is 12.7. The Morgan fingerprint density at radius 3 is 1.61 bits per heavy atom. The Kier molecular flexibility index (Phi) is 33.7. The van der Waals surface area contributed by atoms with Crippen LogP contribution in [0.5, 0.6) is 0 Å². The van der Waals surface area contributed by atoms with Crippen LogP contribution in [-0.2, 0) is 37.4 Å². The molecule has 0 aliphatic carbocycles. The number of quaternary nitrogens is 1. The van der Waals surface area contributed by atoms with Crippen LogP contribution in [0.2, 0.25) is 0 Å². The monoisotopic (exact) mass is 850 g/mol. The van der Waals surface area contributed by atoms with Crippen LogP contribution >= 0.6 is 7.82 Å². The summed E-state index contributed by atoms with van der Waals surface area (Å²) in [6.45, 7) is 4.04.